The Hall–Kier alpha value is -1.91. The van der Waals surface area contributed by atoms with E-state index in [1.807, 2.05) is 0 Å². The molecule has 3 aromatic rings. The Labute approximate surface area is 129 Å². The average Bonchev–Trinajstić information content (AvgIpc) is 2.48. The highest BCUT2D eigenvalue weighted by atomic mass is 31.0. The maximum atomic E-state index is 2.73. The number of hydrogen-bond donors (Lipinski definition) is 0. The Morgan fingerprint density at radius 1 is 0.667 bits per heavy atom. The molecule has 104 valence electrons. The summed E-state index contributed by atoms with van der Waals surface area (Å²) in [7, 11) is 2.73. The minimum atomic E-state index is 1.21. The van der Waals surface area contributed by atoms with Crippen LogP contribution in [0.2, 0.25) is 0 Å². The van der Waals surface area contributed by atoms with E-state index in [0.29, 0.717) is 0 Å². The number of rotatable bonds is 2. The first-order valence-corrected chi connectivity index (χ1v) is 7.75. The molecule has 0 spiro atoms. The van der Waals surface area contributed by atoms with Crippen LogP contribution in [0.5, 0.6) is 0 Å². The lowest BCUT2D eigenvalue weighted by Crippen LogP contribution is -1.89. The highest BCUT2D eigenvalue weighted by Crippen LogP contribution is 2.28. The van der Waals surface area contributed by atoms with E-state index in [9.17, 15) is 0 Å². The summed E-state index contributed by atoms with van der Waals surface area (Å²) >= 11 is 0. The SMILES string of the molecule is Cc1ccc(-c2cccc(-c3ccc(P)cc3)c2)c(C)c1. The second-order valence-electron chi connectivity index (χ2n) is 5.52. The molecular weight excluding hydrogens is 271 g/mol. The number of benzene rings is 3. The molecule has 1 unspecified atom stereocenters. The van der Waals surface area contributed by atoms with Crippen LogP contribution in [-0.2, 0) is 0 Å². The largest absolute Gasteiger partial charge is 0.106 e. The van der Waals surface area contributed by atoms with Crippen molar-refractivity contribution in [1.29, 1.82) is 0 Å². The summed E-state index contributed by atoms with van der Waals surface area (Å²) in [5, 5.41) is 1.21. The number of aryl methyl sites for hydroxylation is 2. The maximum Gasteiger partial charge on any atom is -0.0154 e. The summed E-state index contributed by atoms with van der Waals surface area (Å²) < 4.78 is 0. The fourth-order valence-corrected chi connectivity index (χ4v) is 2.87. The third-order valence-electron chi connectivity index (χ3n) is 3.80. The van der Waals surface area contributed by atoms with E-state index < -0.39 is 0 Å². The summed E-state index contributed by atoms with van der Waals surface area (Å²) in [6, 6.07) is 24.0. The zero-order valence-corrected chi connectivity index (χ0v) is 13.6. The van der Waals surface area contributed by atoms with Gasteiger partial charge in [0.05, 0.1) is 0 Å². The summed E-state index contributed by atoms with van der Waals surface area (Å²) in [5.41, 5.74) is 7.74. The van der Waals surface area contributed by atoms with E-state index in [4.69, 9.17) is 0 Å². The third kappa shape index (κ3) is 3.06. The van der Waals surface area contributed by atoms with Crippen molar-refractivity contribution in [1.82, 2.24) is 0 Å². The summed E-state index contributed by atoms with van der Waals surface area (Å²) in [6.07, 6.45) is 0. The molecule has 3 aromatic carbocycles. The van der Waals surface area contributed by atoms with Crippen molar-refractivity contribution in [2.24, 2.45) is 0 Å². The number of hydrogen-bond acceptors (Lipinski definition) is 0. The van der Waals surface area contributed by atoms with Crippen molar-refractivity contribution in [2.75, 3.05) is 0 Å². The lowest BCUT2D eigenvalue weighted by atomic mass is 9.95. The van der Waals surface area contributed by atoms with Crippen molar-refractivity contribution >= 4 is 14.5 Å². The molecule has 0 aliphatic heterocycles. The van der Waals surface area contributed by atoms with E-state index in [1.165, 1.54) is 38.7 Å². The molecule has 0 N–H and O–H groups in total. The van der Waals surface area contributed by atoms with E-state index in [-0.39, 0.29) is 0 Å². The lowest BCUT2D eigenvalue weighted by Gasteiger charge is -2.09. The topological polar surface area (TPSA) is 0 Å². The van der Waals surface area contributed by atoms with Crippen LogP contribution in [0.25, 0.3) is 22.3 Å². The molecule has 1 atom stereocenters. The van der Waals surface area contributed by atoms with Crippen LogP contribution >= 0.6 is 9.24 Å². The van der Waals surface area contributed by atoms with Gasteiger partial charge in [-0.25, -0.2) is 0 Å². The van der Waals surface area contributed by atoms with Gasteiger partial charge in [-0.3, -0.25) is 0 Å². The van der Waals surface area contributed by atoms with Gasteiger partial charge in [-0.15, -0.1) is 9.24 Å². The van der Waals surface area contributed by atoms with Crippen LogP contribution in [0.4, 0.5) is 0 Å². The molecule has 0 fully saturated rings. The molecule has 0 saturated carbocycles. The van der Waals surface area contributed by atoms with Gasteiger partial charge in [0.15, 0.2) is 0 Å². The van der Waals surface area contributed by atoms with Crippen LogP contribution in [0.15, 0.2) is 66.7 Å². The average molecular weight is 290 g/mol. The summed E-state index contributed by atoms with van der Waals surface area (Å²) in [4.78, 5) is 0. The van der Waals surface area contributed by atoms with E-state index in [0.717, 1.165) is 0 Å². The summed E-state index contributed by atoms with van der Waals surface area (Å²) in [5.74, 6) is 0. The Bertz CT molecular complexity index is 770. The van der Waals surface area contributed by atoms with Gasteiger partial charge >= 0.3 is 0 Å². The van der Waals surface area contributed by atoms with Crippen molar-refractivity contribution in [3.63, 3.8) is 0 Å². The first kappa shape index (κ1) is 14.0. The second kappa shape index (κ2) is 5.84. The van der Waals surface area contributed by atoms with Crippen LogP contribution in [0.1, 0.15) is 11.1 Å². The molecule has 0 aromatic heterocycles. The van der Waals surface area contributed by atoms with Crippen molar-refractivity contribution in [3.05, 3.63) is 77.9 Å². The van der Waals surface area contributed by atoms with Crippen molar-refractivity contribution in [2.45, 2.75) is 13.8 Å². The zero-order chi connectivity index (χ0) is 14.8. The predicted octanol–water partition coefficient (Wildman–Crippen LogP) is 5.14. The van der Waals surface area contributed by atoms with Gasteiger partial charge in [-0.2, -0.15) is 0 Å². The van der Waals surface area contributed by atoms with Crippen LogP contribution in [0, 0.1) is 13.8 Å². The normalized spacial score (nSPS) is 10.6. The Morgan fingerprint density at radius 2 is 1.38 bits per heavy atom. The minimum absolute atomic E-state index is 1.21. The molecule has 0 amide bonds. The van der Waals surface area contributed by atoms with Crippen molar-refractivity contribution in [3.8, 4) is 22.3 Å². The Morgan fingerprint density at radius 3 is 2.10 bits per heavy atom. The van der Waals surface area contributed by atoms with Crippen molar-refractivity contribution < 1.29 is 0 Å². The molecule has 0 aliphatic rings. The van der Waals surface area contributed by atoms with E-state index in [1.54, 1.807) is 0 Å². The minimum Gasteiger partial charge on any atom is -0.106 e. The highest BCUT2D eigenvalue weighted by Gasteiger charge is 2.04. The molecule has 0 heterocycles. The molecule has 0 radical (unpaired) electrons. The monoisotopic (exact) mass is 290 g/mol. The van der Waals surface area contributed by atoms with E-state index >= 15 is 0 Å². The molecule has 0 nitrogen and oxygen atoms in total. The maximum absolute atomic E-state index is 2.73. The Kier molecular flexibility index (Phi) is 3.90. The van der Waals surface area contributed by atoms with Crippen LogP contribution in [-0.4, -0.2) is 0 Å². The molecule has 0 bridgehead atoms. The van der Waals surface area contributed by atoms with Crippen LogP contribution < -0.4 is 5.30 Å². The van der Waals surface area contributed by atoms with Gasteiger partial charge < -0.3 is 0 Å². The van der Waals surface area contributed by atoms with Gasteiger partial charge in [-0.05, 0) is 53.0 Å². The van der Waals surface area contributed by atoms with Gasteiger partial charge in [0, 0.05) is 0 Å². The summed E-state index contributed by atoms with van der Waals surface area (Å²) in [6.45, 7) is 4.32. The van der Waals surface area contributed by atoms with Gasteiger partial charge in [0.2, 0.25) is 0 Å². The van der Waals surface area contributed by atoms with Gasteiger partial charge in [0.1, 0.15) is 0 Å². The standard InChI is InChI=1S/C20H19P/c1-14-6-11-20(15(2)12-14)18-5-3-4-17(13-18)16-7-9-19(21)10-8-16/h3-13H,21H2,1-2H3. The molecule has 0 aliphatic carbocycles. The molecule has 0 saturated heterocycles. The fraction of sp³-hybridized carbons (Fsp3) is 0.100. The van der Waals surface area contributed by atoms with Gasteiger partial charge in [-0.1, -0.05) is 66.2 Å². The second-order valence-corrected chi connectivity index (χ2v) is 6.19. The smallest absolute Gasteiger partial charge is 0.0154 e. The molecule has 21 heavy (non-hydrogen) atoms. The first-order valence-electron chi connectivity index (χ1n) is 7.17. The predicted molar refractivity (Wildman–Crippen MR) is 96.1 cm³/mol. The lowest BCUT2D eigenvalue weighted by molar-refractivity contribution is 1.38. The van der Waals surface area contributed by atoms with Crippen LogP contribution in [0.3, 0.4) is 0 Å². The third-order valence-corrected chi connectivity index (χ3v) is 4.18. The Balaban J connectivity index is 2.05. The molecule has 1 heteroatoms. The van der Waals surface area contributed by atoms with Gasteiger partial charge in [0.25, 0.3) is 0 Å². The van der Waals surface area contributed by atoms with E-state index in [2.05, 4.69) is 89.8 Å². The molecular formula is C20H19P. The fourth-order valence-electron chi connectivity index (χ4n) is 2.68. The highest BCUT2D eigenvalue weighted by molar-refractivity contribution is 7.27. The zero-order valence-electron chi connectivity index (χ0n) is 12.4. The quantitative estimate of drug-likeness (QED) is 0.573. The molecule has 3 rings (SSSR count). The first-order chi connectivity index (χ1) is 10.1.